The zero-order valence-corrected chi connectivity index (χ0v) is 18.1. The Hall–Kier alpha value is -3.71. The van der Waals surface area contributed by atoms with Gasteiger partial charge in [-0.3, -0.25) is 9.59 Å². The molecule has 1 aliphatic rings. The molecule has 1 atom stereocenters. The summed E-state index contributed by atoms with van der Waals surface area (Å²) in [5.41, 5.74) is 0.838. The van der Waals surface area contributed by atoms with Crippen molar-refractivity contribution in [2.24, 2.45) is 0 Å². The maximum atomic E-state index is 13.1. The third-order valence-corrected chi connectivity index (χ3v) is 5.55. The van der Waals surface area contributed by atoms with Gasteiger partial charge in [0.25, 0.3) is 11.7 Å². The first kappa shape index (κ1) is 21.5. The molecule has 0 spiro atoms. The van der Waals surface area contributed by atoms with Gasteiger partial charge >= 0.3 is 0 Å². The maximum Gasteiger partial charge on any atom is 0.296 e. The molecule has 0 saturated carbocycles. The van der Waals surface area contributed by atoms with Crippen molar-refractivity contribution in [3.8, 4) is 11.5 Å². The second-order valence-electron chi connectivity index (χ2n) is 7.12. The predicted octanol–water partition coefficient (Wildman–Crippen LogP) is 4.57. The van der Waals surface area contributed by atoms with Gasteiger partial charge in [0.15, 0.2) is 0 Å². The number of amides is 1. The third kappa shape index (κ3) is 3.83. The minimum Gasteiger partial charge on any atom is -0.507 e. The van der Waals surface area contributed by atoms with Crippen molar-refractivity contribution in [3.63, 3.8) is 0 Å². The quantitative estimate of drug-likeness (QED) is 0.334. The third-order valence-electron chi connectivity index (χ3n) is 5.30. The molecule has 0 unspecified atom stereocenters. The number of benzene rings is 2. The number of halogens is 1. The molecule has 1 fully saturated rings. The molecule has 1 aliphatic heterocycles. The fourth-order valence-electron chi connectivity index (χ4n) is 3.74. The van der Waals surface area contributed by atoms with Crippen molar-refractivity contribution < 1.29 is 28.6 Å². The smallest absolute Gasteiger partial charge is 0.296 e. The van der Waals surface area contributed by atoms with Crippen LogP contribution >= 0.6 is 11.6 Å². The van der Waals surface area contributed by atoms with Gasteiger partial charge in [-0.25, -0.2) is 0 Å². The van der Waals surface area contributed by atoms with Gasteiger partial charge in [0.1, 0.15) is 23.0 Å². The molecule has 32 heavy (non-hydrogen) atoms. The molecular weight excluding hydrogens is 434 g/mol. The van der Waals surface area contributed by atoms with Gasteiger partial charge < -0.3 is 23.9 Å². The van der Waals surface area contributed by atoms with Crippen LogP contribution in [0.15, 0.2) is 70.9 Å². The van der Waals surface area contributed by atoms with Crippen molar-refractivity contribution in [1.29, 1.82) is 0 Å². The van der Waals surface area contributed by atoms with E-state index in [4.69, 9.17) is 25.5 Å². The van der Waals surface area contributed by atoms with Crippen LogP contribution in [0.3, 0.4) is 0 Å². The number of ketones is 1. The van der Waals surface area contributed by atoms with Gasteiger partial charge in [-0.1, -0.05) is 11.6 Å². The topological polar surface area (TPSA) is 89.2 Å². The summed E-state index contributed by atoms with van der Waals surface area (Å²) in [6.07, 6.45) is 1.49. The highest BCUT2D eigenvalue weighted by Crippen LogP contribution is 2.44. The van der Waals surface area contributed by atoms with Gasteiger partial charge in [0.2, 0.25) is 0 Å². The van der Waals surface area contributed by atoms with E-state index < -0.39 is 17.7 Å². The second-order valence-corrected chi connectivity index (χ2v) is 7.56. The molecule has 2 aromatic carbocycles. The molecule has 1 saturated heterocycles. The monoisotopic (exact) mass is 453 g/mol. The number of furan rings is 1. The molecule has 1 aromatic heterocycles. The zero-order valence-electron chi connectivity index (χ0n) is 17.4. The van der Waals surface area contributed by atoms with Gasteiger partial charge in [-0.15, -0.1) is 0 Å². The number of hydrogen-bond donors (Lipinski definition) is 1. The highest BCUT2D eigenvalue weighted by Gasteiger charge is 2.47. The molecule has 2 heterocycles. The summed E-state index contributed by atoms with van der Waals surface area (Å²) in [4.78, 5) is 27.5. The maximum absolute atomic E-state index is 13.1. The average Bonchev–Trinajstić information content (AvgIpc) is 3.41. The summed E-state index contributed by atoms with van der Waals surface area (Å²) in [6, 6.07) is 13.9. The number of aliphatic hydroxyl groups is 1. The number of aliphatic hydroxyl groups excluding tert-OH is 1. The highest BCUT2D eigenvalue weighted by atomic mass is 35.5. The van der Waals surface area contributed by atoms with Gasteiger partial charge in [-0.05, 0) is 48.5 Å². The Balaban J connectivity index is 1.91. The lowest BCUT2D eigenvalue weighted by molar-refractivity contribution is -0.140. The lowest BCUT2D eigenvalue weighted by Gasteiger charge is -2.26. The fraction of sp³-hybridized carbons (Fsp3) is 0.167. The van der Waals surface area contributed by atoms with E-state index in [2.05, 4.69) is 0 Å². The van der Waals surface area contributed by atoms with Crippen LogP contribution in [0, 0.1) is 0 Å². The van der Waals surface area contributed by atoms with E-state index in [-0.39, 0.29) is 17.9 Å². The Morgan fingerprint density at radius 1 is 1.09 bits per heavy atom. The largest absolute Gasteiger partial charge is 0.507 e. The standard InChI is InChI=1S/C24H20ClNO6/c1-30-16-9-10-18(19(12-16)31-2)21-20(22(27)14-5-7-15(25)8-6-14)23(28)24(29)26(21)13-17-4-3-11-32-17/h3-12,21,27H,13H2,1-2H3/b22-20+/t21-/m0/s1. The van der Waals surface area contributed by atoms with E-state index in [1.54, 1.807) is 54.6 Å². The van der Waals surface area contributed by atoms with Crippen LogP contribution in [-0.4, -0.2) is 35.9 Å². The van der Waals surface area contributed by atoms with Crippen LogP contribution in [0.1, 0.15) is 22.9 Å². The van der Waals surface area contributed by atoms with Crippen LogP contribution in [-0.2, 0) is 16.1 Å². The second kappa shape index (κ2) is 8.80. The van der Waals surface area contributed by atoms with E-state index in [1.165, 1.54) is 25.4 Å². The number of Topliss-reactive ketones (excluding diaryl/α,β-unsaturated/α-hetero) is 1. The molecule has 0 aliphatic carbocycles. The molecule has 0 radical (unpaired) electrons. The molecule has 1 amide bonds. The Morgan fingerprint density at radius 3 is 2.47 bits per heavy atom. The van der Waals surface area contributed by atoms with E-state index in [0.717, 1.165) is 0 Å². The molecule has 4 rings (SSSR count). The number of ether oxygens (including phenoxy) is 2. The number of carbonyl (C=O) groups is 2. The Bertz CT molecular complexity index is 1180. The van der Waals surface area contributed by atoms with Crippen molar-refractivity contribution in [3.05, 3.63) is 88.3 Å². The van der Waals surface area contributed by atoms with Crippen molar-refractivity contribution in [1.82, 2.24) is 4.90 Å². The summed E-state index contributed by atoms with van der Waals surface area (Å²) >= 11 is 5.96. The Labute approximate surface area is 189 Å². The molecular formula is C24H20ClNO6. The van der Waals surface area contributed by atoms with Crippen molar-refractivity contribution in [2.45, 2.75) is 12.6 Å². The normalized spacial score (nSPS) is 17.6. The first-order chi connectivity index (χ1) is 15.4. The molecule has 7 nitrogen and oxygen atoms in total. The van der Waals surface area contributed by atoms with E-state index in [0.29, 0.717) is 33.4 Å². The Kier molecular flexibility index (Phi) is 5.92. The number of likely N-dealkylation sites (tertiary alicyclic amines) is 1. The van der Waals surface area contributed by atoms with E-state index >= 15 is 0 Å². The Morgan fingerprint density at radius 2 is 1.84 bits per heavy atom. The summed E-state index contributed by atoms with van der Waals surface area (Å²) in [7, 11) is 3.01. The van der Waals surface area contributed by atoms with Gasteiger partial charge in [0.05, 0.1) is 38.6 Å². The van der Waals surface area contributed by atoms with Gasteiger partial charge in [-0.2, -0.15) is 0 Å². The number of methoxy groups -OCH3 is 2. The summed E-state index contributed by atoms with van der Waals surface area (Å²) < 4.78 is 16.2. The lowest BCUT2D eigenvalue weighted by atomic mass is 9.94. The average molecular weight is 454 g/mol. The van der Waals surface area contributed by atoms with Crippen LogP contribution in [0.25, 0.3) is 5.76 Å². The minimum absolute atomic E-state index is 0.0365. The minimum atomic E-state index is -0.906. The summed E-state index contributed by atoms with van der Waals surface area (Å²) in [6.45, 7) is 0.0365. The fourth-order valence-corrected chi connectivity index (χ4v) is 3.87. The van der Waals surface area contributed by atoms with Crippen LogP contribution in [0.4, 0.5) is 0 Å². The van der Waals surface area contributed by atoms with Crippen LogP contribution in [0.5, 0.6) is 11.5 Å². The number of nitrogens with zero attached hydrogens (tertiary/aromatic N) is 1. The van der Waals surface area contributed by atoms with Crippen molar-refractivity contribution in [2.75, 3.05) is 14.2 Å². The number of carbonyl (C=O) groups excluding carboxylic acids is 2. The van der Waals surface area contributed by atoms with E-state index in [1.807, 2.05) is 0 Å². The number of rotatable bonds is 6. The molecule has 1 N–H and O–H groups in total. The zero-order chi connectivity index (χ0) is 22.8. The summed E-state index contributed by atoms with van der Waals surface area (Å²) in [5.74, 6) is -0.402. The molecule has 164 valence electrons. The lowest BCUT2D eigenvalue weighted by Crippen LogP contribution is -2.29. The van der Waals surface area contributed by atoms with Crippen LogP contribution in [0.2, 0.25) is 5.02 Å². The summed E-state index contributed by atoms with van der Waals surface area (Å²) in [5, 5.41) is 11.6. The molecule has 3 aromatic rings. The SMILES string of the molecule is COc1ccc([C@H]2/C(=C(\O)c3ccc(Cl)cc3)C(=O)C(=O)N2Cc2ccco2)c(OC)c1. The van der Waals surface area contributed by atoms with Crippen molar-refractivity contribution >= 4 is 29.1 Å². The first-order valence-electron chi connectivity index (χ1n) is 9.73. The van der Waals surface area contributed by atoms with E-state index in [9.17, 15) is 14.7 Å². The highest BCUT2D eigenvalue weighted by molar-refractivity contribution is 6.46. The first-order valence-corrected chi connectivity index (χ1v) is 10.1. The predicted molar refractivity (Wildman–Crippen MR) is 118 cm³/mol. The van der Waals surface area contributed by atoms with Crippen LogP contribution < -0.4 is 9.47 Å². The van der Waals surface area contributed by atoms with Gasteiger partial charge in [0, 0.05) is 22.2 Å². The molecule has 8 heteroatoms. The number of hydrogen-bond acceptors (Lipinski definition) is 6. The molecule has 0 bridgehead atoms.